The van der Waals surface area contributed by atoms with Gasteiger partial charge in [0.05, 0.1) is 17.2 Å². The van der Waals surface area contributed by atoms with Crippen molar-refractivity contribution < 1.29 is 9.59 Å². The lowest BCUT2D eigenvalue weighted by atomic mass is 9.72. The van der Waals surface area contributed by atoms with E-state index in [2.05, 4.69) is 37.5 Å². The van der Waals surface area contributed by atoms with Gasteiger partial charge in [-0.1, -0.05) is 57.5 Å². The Morgan fingerprint density at radius 2 is 1.92 bits per heavy atom. The maximum atomic E-state index is 13.3. The summed E-state index contributed by atoms with van der Waals surface area (Å²) in [6, 6.07) is 17.1. The number of rotatable bonds is 8. The van der Waals surface area contributed by atoms with Crippen LogP contribution >= 0.6 is 34.7 Å². The number of thiophene rings is 1. The number of carbonyl (C=O) groups excluding carboxylic acids is 2. The molecule has 0 aliphatic heterocycles. The van der Waals surface area contributed by atoms with Gasteiger partial charge in [0.1, 0.15) is 11.1 Å². The van der Waals surface area contributed by atoms with Gasteiger partial charge in [-0.3, -0.25) is 9.59 Å². The minimum atomic E-state index is -0.335. The van der Waals surface area contributed by atoms with Gasteiger partial charge >= 0.3 is 0 Å². The fraction of sp³-hybridized carbons (Fsp3) is 0.387. The Morgan fingerprint density at radius 3 is 2.59 bits per heavy atom. The van der Waals surface area contributed by atoms with Crippen LogP contribution in [0.4, 0.5) is 10.7 Å². The molecule has 204 valence electrons. The Morgan fingerprint density at radius 1 is 1.18 bits per heavy atom. The van der Waals surface area contributed by atoms with Crippen molar-refractivity contribution in [3.63, 3.8) is 0 Å². The van der Waals surface area contributed by atoms with E-state index in [0.717, 1.165) is 35.3 Å². The molecule has 2 amide bonds. The summed E-state index contributed by atoms with van der Waals surface area (Å²) in [5, 5.41) is 16.9. The Balaban J connectivity index is 1.41. The van der Waals surface area contributed by atoms with Gasteiger partial charge in [0.2, 0.25) is 11.8 Å². The molecule has 39 heavy (non-hydrogen) atoms. The molecular weight excluding hydrogens is 546 g/mol. The third-order valence-electron chi connectivity index (χ3n) is 7.18. The predicted molar refractivity (Wildman–Crippen MR) is 163 cm³/mol. The van der Waals surface area contributed by atoms with Crippen LogP contribution in [0.2, 0.25) is 5.02 Å². The molecule has 2 atom stereocenters. The highest BCUT2D eigenvalue weighted by Gasteiger charge is 2.33. The number of nitrogens with zero attached hydrogens (tertiary/aromatic N) is 1. The molecular formula is C31H34ClN3O2S2. The van der Waals surface area contributed by atoms with Crippen LogP contribution in [-0.4, -0.2) is 17.1 Å². The van der Waals surface area contributed by atoms with Gasteiger partial charge < -0.3 is 10.6 Å². The monoisotopic (exact) mass is 579 g/mol. The number of halogens is 1. The summed E-state index contributed by atoms with van der Waals surface area (Å²) in [7, 11) is 0. The molecule has 2 aromatic carbocycles. The van der Waals surface area contributed by atoms with Crippen molar-refractivity contribution in [1.29, 1.82) is 5.26 Å². The zero-order chi connectivity index (χ0) is 28.2. The van der Waals surface area contributed by atoms with Crippen LogP contribution in [0.1, 0.15) is 62.1 Å². The number of nitrogens with one attached hydrogen (secondary N) is 2. The number of thioether (sulfide) groups is 1. The van der Waals surface area contributed by atoms with Crippen LogP contribution in [0.15, 0.2) is 53.4 Å². The van der Waals surface area contributed by atoms with Gasteiger partial charge in [-0.2, -0.15) is 5.26 Å². The molecule has 0 spiro atoms. The van der Waals surface area contributed by atoms with E-state index in [0.29, 0.717) is 33.6 Å². The Kier molecular flexibility index (Phi) is 9.43. The average Bonchev–Trinajstić information content (AvgIpc) is 3.24. The third-order valence-corrected chi connectivity index (χ3v) is 9.96. The molecule has 0 saturated heterocycles. The predicted octanol–water partition coefficient (Wildman–Crippen LogP) is 8.11. The van der Waals surface area contributed by atoms with E-state index in [9.17, 15) is 14.9 Å². The second-order valence-electron chi connectivity index (χ2n) is 11.0. The summed E-state index contributed by atoms with van der Waals surface area (Å²) >= 11 is 8.95. The lowest BCUT2D eigenvalue weighted by Gasteiger charge is -2.33. The quantitative estimate of drug-likeness (QED) is 0.264. The van der Waals surface area contributed by atoms with Crippen LogP contribution in [0, 0.1) is 22.7 Å². The van der Waals surface area contributed by atoms with Crippen LogP contribution in [0.25, 0.3) is 0 Å². The van der Waals surface area contributed by atoms with E-state index in [1.54, 1.807) is 23.5 Å². The molecule has 3 aromatic rings. The van der Waals surface area contributed by atoms with E-state index >= 15 is 0 Å². The molecule has 4 rings (SSSR count). The van der Waals surface area contributed by atoms with Crippen LogP contribution < -0.4 is 10.6 Å². The molecule has 0 saturated carbocycles. The first-order valence-corrected chi connectivity index (χ1v) is 15.3. The van der Waals surface area contributed by atoms with Gasteiger partial charge in [-0.15, -0.1) is 23.1 Å². The smallest absolute Gasteiger partial charge is 0.238 e. The van der Waals surface area contributed by atoms with E-state index in [1.807, 2.05) is 43.3 Å². The molecule has 2 N–H and O–H groups in total. The van der Waals surface area contributed by atoms with Crippen LogP contribution in [0.5, 0.6) is 0 Å². The first-order valence-electron chi connectivity index (χ1n) is 13.2. The fourth-order valence-corrected chi connectivity index (χ4v) is 7.27. The lowest BCUT2D eigenvalue weighted by Crippen LogP contribution is -2.26. The number of benzene rings is 2. The molecule has 1 aromatic heterocycles. The summed E-state index contributed by atoms with van der Waals surface area (Å²) in [5.74, 6) is 0.336. The number of hydrogen-bond donors (Lipinski definition) is 2. The normalized spacial score (nSPS) is 15.6. The van der Waals surface area contributed by atoms with Crippen molar-refractivity contribution in [3.8, 4) is 6.07 Å². The molecule has 0 radical (unpaired) electrons. The summed E-state index contributed by atoms with van der Waals surface area (Å²) in [5.41, 5.74) is 3.51. The first-order chi connectivity index (χ1) is 18.6. The van der Waals surface area contributed by atoms with E-state index < -0.39 is 0 Å². The SMILES string of the molecule is CCC(Sc1cccc(NC(=O)Cc2ccc(Cl)cc2)c1)C(=O)Nc1sc2c(c1C#N)CCC(C(C)(C)C)C2. The maximum absolute atomic E-state index is 13.3. The van der Waals surface area contributed by atoms with Crippen molar-refractivity contribution in [1.82, 2.24) is 0 Å². The van der Waals surface area contributed by atoms with Crippen molar-refractivity contribution in [2.75, 3.05) is 10.6 Å². The Labute approximate surface area is 244 Å². The van der Waals surface area contributed by atoms with Gasteiger partial charge in [0, 0.05) is 20.5 Å². The zero-order valence-corrected chi connectivity index (χ0v) is 25.2. The standard InChI is InChI=1S/C31H34ClN3O2S2/c1-5-26(29(37)35-30-25(18-33)24-14-11-20(31(2,3)4)16-27(24)39-30)38-23-8-6-7-22(17-23)34-28(36)15-19-9-12-21(32)13-10-19/h6-10,12-13,17,20,26H,5,11,14-16H2,1-4H3,(H,34,36)(H,35,37). The molecule has 0 fully saturated rings. The average molecular weight is 580 g/mol. The topological polar surface area (TPSA) is 82.0 Å². The molecule has 2 unspecified atom stereocenters. The largest absolute Gasteiger partial charge is 0.326 e. The van der Waals surface area contributed by atoms with E-state index in [1.165, 1.54) is 16.6 Å². The van der Waals surface area contributed by atoms with Crippen LogP contribution in [0.3, 0.4) is 0 Å². The number of anilines is 2. The van der Waals surface area contributed by atoms with Crippen molar-refractivity contribution in [3.05, 3.63) is 75.1 Å². The van der Waals surface area contributed by atoms with Crippen molar-refractivity contribution in [2.45, 2.75) is 69.9 Å². The minimum Gasteiger partial charge on any atom is -0.326 e. The first kappa shape index (κ1) is 29.2. The molecule has 0 bridgehead atoms. The highest BCUT2D eigenvalue weighted by molar-refractivity contribution is 8.00. The number of nitriles is 1. The number of hydrogen-bond acceptors (Lipinski definition) is 5. The number of amides is 2. The summed E-state index contributed by atoms with van der Waals surface area (Å²) in [4.78, 5) is 28.0. The summed E-state index contributed by atoms with van der Waals surface area (Å²) < 4.78 is 0. The maximum Gasteiger partial charge on any atom is 0.238 e. The van der Waals surface area contributed by atoms with Crippen LogP contribution in [-0.2, 0) is 28.9 Å². The lowest BCUT2D eigenvalue weighted by molar-refractivity contribution is -0.116. The number of carbonyl (C=O) groups is 2. The Hall–Kier alpha value is -2.79. The van der Waals surface area contributed by atoms with E-state index in [4.69, 9.17) is 11.6 Å². The van der Waals surface area contributed by atoms with Gasteiger partial charge in [0.25, 0.3) is 0 Å². The summed E-state index contributed by atoms with van der Waals surface area (Å²) in [6.45, 7) is 8.79. The molecule has 8 heteroatoms. The third kappa shape index (κ3) is 7.45. The zero-order valence-electron chi connectivity index (χ0n) is 22.8. The molecule has 1 aliphatic rings. The second kappa shape index (κ2) is 12.6. The molecule has 1 aliphatic carbocycles. The summed E-state index contributed by atoms with van der Waals surface area (Å²) in [6.07, 6.45) is 3.78. The van der Waals surface area contributed by atoms with E-state index in [-0.39, 0.29) is 28.9 Å². The Bertz CT molecular complexity index is 1390. The van der Waals surface area contributed by atoms with Gasteiger partial charge in [0.15, 0.2) is 0 Å². The van der Waals surface area contributed by atoms with Crippen molar-refractivity contribution >= 4 is 57.2 Å². The molecule has 1 heterocycles. The highest BCUT2D eigenvalue weighted by Crippen LogP contribution is 2.44. The van der Waals surface area contributed by atoms with Gasteiger partial charge in [-0.05, 0) is 78.5 Å². The minimum absolute atomic E-state index is 0.109. The molecule has 5 nitrogen and oxygen atoms in total. The highest BCUT2D eigenvalue weighted by atomic mass is 35.5. The van der Waals surface area contributed by atoms with Gasteiger partial charge in [-0.25, -0.2) is 0 Å². The number of fused-ring (bicyclic) bond motifs is 1. The second-order valence-corrected chi connectivity index (χ2v) is 13.8. The fourth-order valence-electron chi connectivity index (χ4n) is 4.85. The van der Waals surface area contributed by atoms with Crippen molar-refractivity contribution in [2.24, 2.45) is 11.3 Å².